The van der Waals surface area contributed by atoms with Gasteiger partial charge in [-0.05, 0) is 56.5 Å². The molecule has 0 saturated heterocycles. The number of fused-ring (bicyclic) bond motifs is 2. The van der Waals surface area contributed by atoms with E-state index in [2.05, 4.69) is 30.1 Å². The van der Waals surface area contributed by atoms with Crippen LogP contribution in [0.15, 0.2) is 42.5 Å². The van der Waals surface area contributed by atoms with Gasteiger partial charge in [0.15, 0.2) is 11.5 Å². The standard InChI is InChI=1S/C26H32N2O4/c1-19(29)28-17-21-5-3-4-6-23(21)32-26(18-28)11-9-22(10-12-26)27(2)16-20-7-8-24-25(15-20)31-14-13-30-24/h3-8,15,22H,9-14,16-18H2,1-2H3. The lowest BCUT2D eigenvalue weighted by atomic mass is 9.81. The highest BCUT2D eigenvalue weighted by atomic mass is 16.6. The lowest BCUT2D eigenvalue weighted by Gasteiger charge is -2.43. The molecule has 6 nitrogen and oxygen atoms in total. The maximum Gasteiger partial charge on any atom is 0.219 e. The lowest BCUT2D eigenvalue weighted by molar-refractivity contribution is -0.132. The highest BCUT2D eigenvalue weighted by Gasteiger charge is 2.42. The van der Waals surface area contributed by atoms with Crippen molar-refractivity contribution in [2.75, 3.05) is 26.8 Å². The molecule has 1 spiro atoms. The predicted molar refractivity (Wildman–Crippen MR) is 122 cm³/mol. The zero-order valence-electron chi connectivity index (χ0n) is 19.0. The lowest BCUT2D eigenvalue weighted by Crippen LogP contribution is -2.51. The van der Waals surface area contributed by atoms with E-state index < -0.39 is 0 Å². The maximum atomic E-state index is 12.3. The number of benzene rings is 2. The number of carbonyl (C=O) groups excluding carboxylic acids is 1. The Balaban J connectivity index is 1.26. The van der Waals surface area contributed by atoms with E-state index in [-0.39, 0.29) is 11.5 Å². The van der Waals surface area contributed by atoms with Crippen LogP contribution in [0.3, 0.4) is 0 Å². The summed E-state index contributed by atoms with van der Waals surface area (Å²) in [5.74, 6) is 2.73. The van der Waals surface area contributed by atoms with Crippen LogP contribution in [-0.4, -0.2) is 54.2 Å². The first-order valence-corrected chi connectivity index (χ1v) is 11.6. The fraction of sp³-hybridized carbons (Fsp3) is 0.500. The second-order valence-corrected chi connectivity index (χ2v) is 9.39. The summed E-state index contributed by atoms with van der Waals surface area (Å²) in [4.78, 5) is 16.7. The fourth-order valence-corrected chi connectivity index (χ4v) is 5.26. The first-order chi connectivity index (χ1) is 15.5. The molecule has 1 amide bonds. The summed E-state index contributed by atoms with van der Waals surface area (Å²) >= 11 is 0. The molecule has 1 saturated carbocycles. The molecule has 0 radical (unpaired) electrons. The average molecular weight is 437 g/mol. The van der Waals surface area contributed by atoms with Gasteiger partial charge in [0, 0.05) is 31.6 Å². The Bertz CT molecular complexity index is 984. The summed E-state index contributed by atoms with van der Waals surface area (Å²) in [7, 11) is 2.20. The maximum absolute atomic E-state index is 12.3. The highest BCUT2D eigenvalue weighted by Crippen LogP contribution is 2.40. The summed E-state index contributed by atoms with van der Waals surface area (Å²) in [6.45, 7) is 5.04. The Labute approximate surface area is 190 Å². The monoisotopic (exact) mass is 436 g/mol. The van der Waals surface area contributed by atoms with Crippen molar-refractivity contribution in [2.45, 2.75) is 57.3 Å². The largest absolute Gasteiger partial charge is 0.486 e. The minimum Gasteiger partial charge on any atom is -0.486 e. The molecule has 32 heavy (non-hydrogen) atoms. The summed E-state index contributed by atoms with van der Waals surface area (Å²) in [5.41, 5.74) is 2.03. The molecule has 1 aliphatic carbocycles. The molecule has 2 heterocycles. The van der Waals surface area contributed by atoms with Crippen molar-refractivity contribution < 1.29 is 19.0 Å². The van der Waals surface area contributed by atoms with Gasteiger partial charge in [0.1, 0.15) is 24.6 Å². The molecular formula is C26H32N2O4. The molecule has 3 aliphatic rings. The van der Waals surface area contributed by atoms with Crippen LogP contribution in [-0.2, 0) is 17.9 Å². The van der Waals surface area contributed by atoms with E-state index >= 15 is 0 Å². The molecule has 2 aromatic carbocycles. The minimum atomic E-state index is -0.299. The smallest absolute Gasteiger partial charge is 0.219 e. The quantitative estimate of drug-likeness (QED) is 0.728. The Hall–Kier alpha value is -2.73. The Morgan fingerprint density at radius 2 is 1.81 bits per heavy atom. The van der Waals surface area contributed by atoms with Crippen LogP contribution < -0.4 is 14.2 Å². The Kier molecular flexibility index (Phi) is 5.72. The van der Waals surface area contributed by atoms with Crippen molar-refractivity contribution >= 4 is 5.91 Å². The zero-order chi connectivity index (χ0) is 22.1. The topological polar surface area (TPSA) is 51.2 Å². The van der Waals surface area contributed by atoms with Gasteiger partial charge in [-0.15, -0.1) is 0 Å². The molecular weight excluding hydrogens is 404 g/mol. The number of nitrogens with zero attached hydrogens (tertiary/aromatic N) is 2. The highest BCUT2D eigenvalue weighted by molar-refractivity contribution is 5.73. The van der Waals surface area contributed by atoms with Gasteiger partial charge >= 0.3 is 0 Å². The van der Waals surface area contributed by atoms with Crippen molar-refractivity contribution in [1.29, 1.82) is 0 Å². The van der Waals surface area contributed by atoms with Crippen LogP contribution >= 0.6 is 0 Å². The molecule has 0 unspecified atom stereocenters. The molecule has 6 heteroatoms. The van der Waals surface area contributed by atoms with E-state index in [4.69, 9.17) is 14.2 Å². The third-order valence-corrected chi connectivity index (χ3v) is 7.11. The van der Waals surface area contributed by atoms with E-state index in [9.17, 15) is 4.79 Å². The number of para-hydroxylation sites is 1. The van der Waals surface area contributed by atoms with Gasteiger partial charge in [-0.2, -0.15) is 0 Å². The zero-order valence-corrected chi connectivity index (χ0v) is 19.0. The van der Waals surface area contributed by atoms with E-state index in [0.29, 0.717) is 32.3 Å². The number of amides is 1. The molecule has 0 bridgehead atoms. The van der Waals surface area contributed by atoms with Crippen LogP contribution in [0.5, 0.6) is 17.2 Å². The van der Waals surface area contributed by atoms with Crippen molar-refractivity contribution in [3.05, 3.63) is 53.6 Å². The minimum absolute atomic E-state index is 0.113. The molecule has 170 valence electrons. The van der Waals surface area contributed by atoms with E-state index in [1.165, 1.54) is 5.56 Å². The first-order valence-electron chi connectivity index (χ1n) is 11.6. The number of ether oxygens (including phenoxy) is 3. The Morgan fingerprint density at radius 3 is 2.59 bits per heavy atom. The van der Waals surface area contributed by atoms with Gasteiger partial charge in [-0.1, -0.05) is 24.3 Å². The molecule has 0 aromatic heterocycles. The molecule has 0 atom stereocenters. The normalized spacial score (nSPS) is 24.6. The van der Waals surface area contributed by atoms with Gasteiger partial charge in [-0.3, -0.25) is 9.69 Å². The number of hydrogen-bond acceptors (Lipinski definition) is 5. The summed E-state index contributed by atoms with van der Waals surface area (Å²) in [6.07, 6.45) is 3.99. The van der Waals surface area contributed by atoms with Gasteiger partial charge in [0.2, 0.25) is 5.91 Å². The molecule has 5 rings (SSSR count). The van der Waals surface area contributed by atoms with Crippen LogP contribution in [0.4, 0.5) is 0 Å². The van der Waals surface area contributed by atoms with Gasteiger partial charge in [0.05, 0.1) is 6.54 Å². The number of carbonyl (C=O) groups is 1. The van der Waals surface area contributed by atoms with Gasteiger partial charge in [-0.25, -0.2) is 0 Å². The van der Waals surface area contributed by atoms with Crippen molar-refractivity contribution in [3.8, 4) is 17.2 Å². The third-order valence-electron chi connectivity index (χ3n) is 7.11. The van der Waals surface area contributed by atoms with E-state index in [1.807, 2.05) is 29.2 Å². The first kappa shape index (κ1) is 21.1. The van der Waals surface area contributed by atoms with Crippen molar-refractivity contribution in [1.82, 2.24) is 9.80 Å². The second kappa shape index (κ2) is 8.66. The van der Waals surface area contributed by atoms with Crippen molar-refractivity contribution in [3.63, 3.8) is 0 Å². The second-order valence-electron chi connectivity index (χ2n) is 9.39. The van der Waals surface area contributed by atoms with Crippen LogP contribution in [0.2, 0.25) is 0 Å². The van der Waals surface area contributed by atoms with Crippen LogP contribution in [0.25, 0.3) is 0 Å². The predicted octanol–water partition coefficient (Wildman–Crippen LogP) is 4.01. The molecule has 2 aromatic rings. The van der Waals surface area contributed by atoms with E-state index in [0.717, 1.165) is 55.0 Å². The Morgan fingerprint density at radius 1 is 1.06 bits per heavy atom. The molecule has 1 fully saturated rings. The molecule has 0 N–H and O–H groups in total. The molecule has 2 aliphatic heterocycles. The summed E-state index contributed by atoms with van der Waals surface area (Å²) in [6, 6.07) is 14.9. The average Bonchev–Trinajstić information content (AvgIpc) is 2.96. The third kappa shape index (κ3) is 4.29. The number of hydrogen-bond donors (Lipinski definition) is 0. The fourth-order valence-electron chi connectivity index (χ4n) is 5.26. The van der Waals surface area contributed by atoms with Gasteiger partial charge in [0.25, 0.3) is 0 Å². The van der Waals surface area contributed by atoms with E-state index in [1.54, 1.807) is 6.92 Å². The number of rotatable bonds is 3. The van der Waals surface area contributed by atoms with Crippen molar-refractivity contribution in [2.24, 2.45) is 0 Å². The van der Waals surface area contributed by atoms with Gasteiger partial charge < -0.3 is 19.1 Å². The summed E-state index contributed by atoms with van der Waals surface area (Å²) < 4.78 is 18.0. The van der Waals surface area contributed by atoms with Crippen LogP contribution in [0.1, 0.15) is 43.7 Å². The SMILES string of the molecule is CC(=O)N1Cc2ccccc2OC2(CCC(N(C)Cc3ccc4c(c3)OCCO4)CC2)C1. The summed E-state index contributed by atoms with van der Waals surface area (Å²) in [5, 5.41) is 0. The van der Waals surface area contributed by atoms with Crippen LogP contribution in [0, 0.1) is 0 Å².